The topological polar surface area (TPSA) is 98.4 Å². The Bertz CT molecular complexity index is 1110. The van der Waals surface area contributed by atoms with Crippen LogP contribution >= 0.6 is 11.3 Å². The summed E-state index contributed by atoms with van der Waals surface area (Å²) in [5.41, 5.74) is 1.50. The van der Waals surface area contributed by atoms with Gasteiger partial charge >= 0.3 is 11.9 Å². The molecule has 2 aromatic heterocycles. The van der Waals surface area contributed by atoms with Crippen LogP contribution in [0.4, 0.5) is 0 Å². The summed E-state index contributed by atoms with van der Waals surface area (Å²) in [5, 5.41) is 0.341. The van der Waals surface area contributed by atoms with Crippen molar-refractivity contribution in [3.63, 3.8) is 0 Å². The Balaban J connectivity index is 1.54. The molecule has 7 nitrogen and oxygen atoms in total. The lowest BCUT2D eigenvalue weighted by Gasteiger charge is -2.08. The number of aromatic amines is 1. The number of H-pyrrole nitrogens is 1. The van der Waals surface area contributed by atoms with Crippen LogP contribution in [0.2, 0.25) is 0 Å². The summed E-state index contributed by atoms with van der Waals surface area (Å²) in [6.07, 6.45) is 4.31. The van der Waals surface area contributed by atoms with Crippen molar-refractivity contribution in [3.05, 3.63) is 61.3 Å². The van der Waals surface area contributed by atoms with E-state index in [9.17, 15) is 14.4 Å². The first-order chi connectivity index (χ1) is 13.5. The molecule has 0 amide bonds. The minimum absolute atomic E-state index is 0.158. The van der Waals surface area contributed by atoms with E-state index in [1.807, 2.05) is 6.07 Å². The predicted octanol–water partition coefficient (Wildman–Crippen LogP) is 3.01. The van der Waals surface area contributed by atoms with Crippen LogP contribution in [0.5, 0.6) is 0 Å². The highest BCUT2D eigenvalue weighted by Gasteiger charge is 2.18. The maximum absolute atomic E-state index is 12.4. The number of carbonyl (C=O) groups is 2. The molecular weight excluding hydrogens is 380 g/mol. The number of rotatable bonds is 4. The number of esters is 2. The molecule has 0 aliphatic heterocycles. The van der Waals surface area contributed by atoms with E-state index < -0.39 is 11.9 Å². The molecule has 0 saturated heterocycles. The maximum atomic E-state index is 12.4. The fraction of sp³-hybridized carbons (Fsp3) is 0.300. The smallest absolute Gasteiger partial charge is 0.348 e. The van der Waals surface area contributed by atoms with Crippen LogP contribution < -0.4 is 5.56 Å². The number of ether oxygens (including phenoxy) is 2. The molecular formula is C20H18N2O5S. The molecule has 0 spiro atoms. The number of aryl methyl sites for hydroxylation is 2. The minimum atomic E-state index is -0.515. The second-order valence-corrected chi connectivity index (χ2v) is 7.72. The number of aromatic nitrogens is 2. The summed E-state index contributed by atoms with van der Waals surface area (Å²) in [7, 11) is 1.28. The fourth-order valence-corrected chi connectivity index (χ4v) is 4.44. The molecule has 144 valence electrons. The number of thiophene rings is 1. The van der Waals surface area contributed by atoms with Gasteiger partial charge in [-0.25, -0.2) is 14.6 Å². The Morgan fingerprint density at radius 1 is 1.18 bits per heavy atom. The van der Waals surface area contributed by atoms with Crippen molar-refractivity contribution < 1.29 is 19.1 Å². The Hall–Kier alpha value is -3.00. The van der Waals surface area contributed by atoms with Crippen molar-refractivity contribution in [2.24, 2.45) is 0 Å². The molecule has 1 aliphatic carbocycles. The maximum Gasteiger partial charge on any atom is 0.348 e. The van der Waals surface area contributed by atoms with Gasteiger partial charge in [-0.05, 0) is 55.5 Å². The van der Waals surface area contributed by atoms with Crippen LogP contribution in [0.3, 0.4) is 0 Å². The lowest BCUT2D eigenvalue weighted by atomic mass is 9.99. The highest BCUT2D eigenvalue weighted by Crippen LogP contribution is 2.30. The van der Waals surface area contributed by atoms with E-state index >= 15 is 0 Å². The average Bonchev–Trinajstić information content (AvgIpc) is 3.15. The van der Waals surface area contributed by atoms with Crippen molar-refractivity contribution in [2.45, 2.75) is 32.3 Å². The molecule has 8 heteroatoms. The number of methoxy groups -OCH3 is 1. The lowest BCUT2D eigenvalue weighted by Crippen LogP contribution is -2.15. The SMILES string of the molecule is COC(=O)c1ccc2c(=O)[nH]c(COC(=O)c3cc4c(s3)CCCC4)nc2c1. The van der Waals surface area contributed by atoms with Gasteiger partial charge in [0.15, 0.2) is 0 Å². The summed E-state index contributed by atoms with van der Waals surface area (Å²) in [6, 6.07) is 6.40. The quantitative estimate of drug-likeness (QED) is 0.679. The van der Waals surface area contributed by atoms with Crippen molar-refractivity contribution in [1.82, 2.24) is 9.97 Å². The van der Waals surface area contributed by atoms with Crippen LogP contribution in [-0.4, -0.2) is 29.0 Å². The monoisotopic (exact) mass is 398 g/mol. The fourth-order valence-electron chi connectivity index (χ4n) is 3.30. The number of fused-ring (bicyclic) bond motifs is 2. The molecule has 0 radical (unpaired) electrons. The van der Waals surface area contributed by atoms with Crippen LogP contribution in [-0.2, 0) is 28.9 Å². The van der Waals surface area contributed by atoms with Crippen LogP contribution in [0, 0.1) is 0 Å². The zero-order chi connectivity index (χ0) is 19.7. The Morgan fingerprint density at radius 3 is 2.79 bits per heavy atom. The summed E-state index contributed by atoms with van der Waals surface area (Å²) in [6.45, 7) is -0.158. The molecule has 0 unspecified atom stereocenters. The van der Waals surface area contributed by atoms with Gasteiger partial charge in [0.05, 0.1) is 23.6 Å². The number of carbonyl (C=O) groups excluding carboxylic acids is 2. The van der Waals surface area contributed by atoms with E-state index in [2.05, 4.69) is 14.7 Å². The zero-order valence-electron chi connectivity index (χ0n) is 15.2. The molecule has 2 heterocycles. The molecule has 0 fully saturated rings. The van der Waals surface area contributed by atoms with E-state index in [0.717, 1.165) is 25.7 Å². The van der Waals surface area contributed by atoms with Crippen LogP contribution in [0.25, 0.3) is 10.9 Å². The van der Waals surface area contributed by atoms with Crippen molar-refractivity contribution in [3.8, 4) is 0 Å². The largest absolute Gasteiger partial charge is 0.465 e. The Kier molecular flexibility index (Phi) is 4.95. The second-order valence-electron chi connectivity index (χ2n) is 6.58. The molecule has 0 bridgehead atoms. The first-order valence-corrected chi connectivity index (χ1v) is 9.77. The molecule has 28 heavy (non-hydrogen) atoms. The Morgan fingerprint density at radius 2 is 2.00 bits per heavy atom. The summed E-state index contributed by atoms with van der Waals surface area (Å²) < 4.78 is 10.0. The van der Waals surface area contributed by atoms with Gasteiger partial charge < -0.3 is 14.5 Å². The number of nitrogens with zero attached hydrogens (tertiary/aromatic N) is 1. The molecule has 1 aliphatic rings. The molecule has 0 atom stereocenters. The van der Waals surface area contributed by atoms with Gasteiger partial charge in [-0.3, -0.25) is 4.79 Å². The molecule has 0 saturated carbocycles. The van der Waals surface area contributed by atoms with Crippen molar-refractivity contribution in [2.75, 3.05) is 7.11 Å². The first-order valence-electron chi connectivity index (χ1n) is 8.95. The van der Waals surface area contributed by atoms with E-state index in [1.165, 1.54) is 47.1 Å². The minimum Gasteiger partial charge on any atom is -0.465 e. The number of hydrogen-bond acceptors (Lipinski definition) is 7. The zero-order valence-corrected chi connectivity index (χ0v) is 16.1. The Labute approximate surface area is 164 Å². The highest BCUT2D eigenvalue weighted by atomic mass is 32.1. The normalized spacial score (nSPS) is 13.2. The summed E-state index contributed by atoms with van der Waals surface area (Å²) >= 11 is 1.47. The van der Waals surface area contributed by atoms with Gasteiger partial charge in [0.2, 0.25) is 0 Å². The third kappa shape index (κ3) is 3.55. The molecule has 1 N–H and O–H groups in total. The van der Waals surface area contributed by atoms with Crippen LogP contribution in [0.15, 0.2) is 29.1 Å². The number of nitrogens with one attached hydrogen (secondary N) is 1. The standard InChI is InChI=1S/C20H18N2O5S/c1-26-19(24)12-6-7-13-14(8-12)21-17(22-18(13)23)10-27-20(25)16-9-11-4-2-3-5-15(11)28-16/h6-9H,2-5,10H2,1H3,(H,21,22,23). The van der Waals surface area contributed by atoms with Crippen LogP contribution in [0.1, 0.15) is 49.1 Å². The summed E-state index contributed by atoms with van der Waals surface area (Å²) in [4.78, 5) is 45.0. The van der Waals surface area contributed by atoms with Crippen molar-refractivity contribution in [1.29, 1.82) is 0 Å². The first kappa shape index (κ1) is 18.4. The highest BCUT2D eigenvalue weighted by molar-refractivity contribution is 7.14. The van der Waals surface area contributed by atoms with Crippen molar-refractivity contribution >= 4 is 34.2 Å². The number of benzene rings is 1. The van der Waals surface area contributed by atoms with E-state index in [1.54, 1.807) is 0 Å². The third-order valence-corrected chi connectivity index (χ3v) is 5.93. The van der Waals surface area contributed by atoms with Gasteiger partial charge in [0, 0.05) is 4.88 Å². The van der Waals surface area contributed by atoms with Gasteiger partial charge in [0.1, 0.15) is 17.3 Å². The van der Waals surface area contributed by atoms with Gasteiger partial charge in [-0.15, -0.1) is 11.3 Å². The van der Waals surface area contributed by atoms with E-state index in [-0.39, 0.29) is 18.0 Å². The second kappa shape index (κ2) is 7.55. The summed E-state index contributed by atoms with van der Waals surface area (Å²) in [5.74, 6) is -0.724. The average molecular weight is 398 g/mol. The van der Waals surface area contributed by atoms with Gasteiger partial charge in [-0.2, -0.15) is 0 Å². The van der Waals surface area contributed by atoms with E-state index in [4.69, 9.17) is 4.74 Å². The third-order valence-electron chi connectivity index (χ3n) is 4.71. The van der Waals surface area contributed by atoms with Gasteiger partial charge in [-0.1, -0.05) is 0 Å². The van der Waals surface area contributed by atoms with Gasteiger partial charge in [0.25, 0.3) is 5.56 Å². The lowest BCUT2D eigenvalue weighted by molar-refractivity contribution is 0.0467. The predicted molar refractivity (Wildman–Crippen MR) is 104 cm³/mol. The molecule has 1 aromatic carbocycles. The molecule has 4 rings (SSSR count). The molecule has 3 aromatic rings. The van der Waals surface area contributed by atoms with E-state index in [0.29, 0.717) is 21.3 Å². The number of hydrogen-bond donors (Lipinski definition) is 1.